The quantitative estimate of drug-likeness (QED) is 0.275. The van der Waals surface area contributed by atoms with E-state index < -0.39 is 23.6 Å². The molecule has 1 amide bonds. The average molecular weight is 552 g/mol. The Kier molecular flexibility index (Phi) is 9.69. The lowest BCUT2D eigenvalue weighted by atomic mass is 9.84. The first kappa shape index (κ1) is 30.8. The molecule has 8 heteroatoms. The van der Waals surface area contributed by atoms with E-state index in [0.29, 0.717) is 29.7 Å². The largest absolute Gasteiger partial charge is 0.508 e. The van der Waals surface area contributed by atoms with Gasteiger partial charge in [-0.25, -0.2) is 4.79 Å². The van der Waals surface area contributed by atoms with Gasteiger partial charge < -0.3 is 30.1 Å². The Balaban J connectivity index is 0.00000216. The monoisotopic (exact) mass is 551 g/mol. The maximum Gasteiger partial charge on any atom is 0.335 e. The van der Waals surface area contributed by atoms with Gasteiger partial charge in [-0.05, 0) is 77.6 Å². The fraction of sp³-hybridized carbons (Fsp3) is 0.438. The topological polar surface area (TPSA) is 128 Å². The van der Waals surface area contributed by atoms with Gasteiger partial charge in [0.15, 0.2) is 0 Å². The number of aromatic hydroxyl groups is 2. The molecule has 0 aliphatic carbocycles. The molecule has 4 rings (SSSR count). The van der Waals surface area contributed by atoms with Gasteiger partial charge in [0, 0.05) is 17.5 Å². The van der Waals surface area contributed by atoms with E-state index in [2.05, 4.69) is 32.9 Å². The van der Waals surface area contributed by atoms with Crippen LogP contribution in [0, 0.1) is 0 Å². The van der Waals surface area contributed by atoms with Gasteiger partial charge in [-0.1, -0.05) is 37.1 Å². The molecule has 2 unspecified atom stereocenters. The molecule has 40 heavy (non-hydrogen) atoms. The third-order valence-electron chi connectivity index (χ3n) is 7.43. The van der Waals surface area contributed by atoms with Crippen LogP contribution in [0.15, 0.2) is 47.6 Å². The lowest BCUT2D eigenvalue weighted by molar-refractivity contribution is -0.0597. The highest BCUT2D eigenvalue weighted by Crippen LogP contribution is 2.47. The number of hydrogen-bond acceptors (Lipinski definition) is 6. The molecule has 216 valence electrons. The lowest BCUT2D eigenvalue weighted by Gasteiger charge is -2.40. The molecule has 8 nitrogen and oxygen atoms in total. The second-order valence-corrected chi connectivity index (χ2v) is 10.7. The summed E-state index contributed by atoms with van der Waals surface area (Å²) in [4.78, 5) is 25.8. The van der Waals surface area contributed by atoms with Gasteiger partial charge >= 0.3 is 5.97 Å². The number of carboxylic acids is 1. The Labute approximate surface area is 236 Å². The van der Waals surface area contributed by atoms with Crippen LogP contribution in [-0.4, -0.2) is 44.0 Å². The number of benzene rings is 2. The zero-order valence-corrected chi connectivity index (χ0v) is 24.2. The summed E-state index contributed by atoms with van der Waals surface area (Å²) in [6.45, 7) is 12.2. The first-order chi connectivity index (χ1) is 18.9. The van der Waals surface area contributed by atoms with Crippen molar-refractivity contribution >= 4 is 17.6 Å². The van der Waals surface area contributed by atoms with Crippen molar-refractivity contribution in [1.82, 2.24) is 0 Å². The van der Waals surface area contributed by atoms with Crippen molar-refractivity contribution in [2.45, 2.75) is 91.9 Å². The van der Waals surface area contributed by atoms with Crippen molar-refractivity contribution in [3.05, 3.63) is 69.8 Å². The van der Waals surface area contributed by atoms with Crippen LogP contribution in [0.1, 0.15) is 99.1 Å². The summed E-state index contributed by atoms with van der Waals surface area (Å²) in [6.07, 6.45) is 6.91. The second-order valence-electron chi connectivity index (χ2n) is 10.7. The normalized spacial score (nSPS) is 19.7. The number of aliphatic hydroxyl groups is 1. The number of phenols is 2. The Morgan fingerprint density at radius 3 is 2.40 bits per heavy atom. The highest BCUT2D eigenvalue weighted by atomic mass is 16.5. The molecule has 4 N–H and O–H groups in total. The van der Waals surface area contributed by atoms with Gasteiger partial charge in [0.1, 0.15) is 22.8 Å². The van der Waals surface area contributed by atoms with Crippen molar-refractivity contribution in [2.75, 3.05) is 4.90 Å². The fourth-order valence-corrected chi connectivity index (χ4v) is 5.08. The minimum atomic E-state index is -1.19. The minimum Gasteiger partial charge on any atom is -0.508 e. The SMILES string of the molecule is CC.CC(C)=CCC/C(C)=C/CCC1(C)Oc2c(c(O)cc3c2CN(c2ccc(C(=O)O)cc2O)C3=O)CC1O. The minimum absolute atomic E-state index is 0.0757. The number of fused-ring (bicyclic) bond motifs is 3. The standard InChI is InChI=1S/C30H35NO7.C2H6/c1-17(2)7-5-8-18(3)9-6-12-30(4)26(34)15-21-24(32)14-20-22(27(21)38-30)16-31(28(20)35)23-11-10-19(29(36)37)13-25(23)33;1-2/h7,9-11,13-14,26,32-34H,5-6,8,12,15-16H2,1-4H3,(H,36,37);1-2H3/b18-9+;. The lowest BCUT2D eigenvalue weighted by Crippen LogP contribution is -2.49. The number of aromatic carboxylic acids is 1. The van der Waals surface area contributed by atoms with Gasteiger partial charge in [-0.15, -0.1) is 0 Å². The highest BCUT2D eigenvalue weighted by Gasteiger charge is 2.44. The van der Waals surface area contributed by atoms with Crippen molar-refractivity contribution in [1.29, 1.82) is 0 Å². The van der Waals surface area contributed by atoms with Crippen molar-refractivity contribution in [3.8, 4) is 17.2 Å². The summed E-state index contributed by atoms with van der Waals surface area (Å²) in [6, 6.07) is 5.17. The molecule has 0 aromatic heterocycles. The number of phenolic OH excluding ortho intramolecular Hbond substituents is 2. The maximum atomic E-state index is 13.3. The van der Waals surface area contributed by atoms with Gasteiger partial charge in [-0.2, -0.15) is 0 Å². The van der Waals surface area contributed by atoms with Crippen LogP contribution in [-0.2, 0) is 13.0 Å². The van der Waals surface area contributed by atoms with E-state index in [1.54, 1.807) is 0 Å². The van der Waals surface area contributed by atoms with E-state index in [1.165, 1.54) is 34.2 Å². The zero-order valence-electron chi connectivity index (χ0n) is 24.2. The Hall–Kier alpha value is -3.78. The molecular weight excluding hydrogens is 510 g/mol. The van der Waals surface area contributed by atoms with Crippen LogP contribution < -0.4 is 9.64 Å². The number of nitrogens with zero attached hydrogens (tertiary/aromatic N) is 1. The smallest absolute Gasteiger partial charge is 0.335 e. The average Bonchev–Trinajstić information content (AvgIpc) is 3.22. The zero-order chi connectivity index (χ0) is 29.8. The molecule has 0 saturated carbocycles. The molecule has 2 heterocycles. The third-order valence-corrected chi connectivity index (χ3v) is 7.43. The molecular formula is C32H41NO7. The molecule has 0 radical (unpaired) electrons. The number of rotatable bonds is 8. The summed E-state index contributed by atoms with van der Waals surface area (Å²) in [7, 11) is 0. The van der Waals surface area contributed by atoms with Crippen molar-refractivity contribution in [3.63, 3.8) is 0 Å². The number of hydrogen-bond donors (Lipinski definition) is 4. The number of allylic oxidation sites excluding steroid dienone is 4. The first-order valence-electron chi connectivity index (χ1n) is 13.8. The van der Waals surface area contributed by atoms with Gasteiger partial charge in [0.25, 0.3) is 5.91 Å². The van der Waals surface area contributed by atoms with Crippen LogP contribution >= 0.6 is 0 Å². The van der Waals surface area contributed by atoms with E-state index in [0.717, 1.165) is 18.9 Å². The highest BCUT2D eigenvalue weighted by molar-refractivity contribution is 6.12. The number of amides is 1. The van der Waals surface area contributed by atoms with Crippen LogP contribution in [0.3, 0.4) is 0 Å². The Bertz CT molecular complexity index is 1340. The summed E-state index contributed by atoms with van der Waals surface area (Å²) in [5.41, 5.74) is 2.97. The maximum absolute atomic E-state index is 13.3. The molecule has 2 aromatic rings. The molecule has 2 aliphatic rings. The Morgan fingerprint density at radius 2 is 1.77 bits per heavy atom. The molecule has 0 bridgehead atoms. The molecule has 0 fully saturated rings. The fourth-order valence-electron chi connectivity index (χ4n) is 5.08. The summed E-state index contributed by atoms with van der Waals surface area (Å²) in [5.74, 6) is -1.71. The van der Waals surface area contributed by atoms with Crippen LogP contribution in [0.4, 0.5) is 5.69 Å². The van der Waals surface area contributed by atoms with E-state index >= 15 is 0 Å². The Morgan fingerprint density at radius 1 is 1.07 bits per heavy atom. The molecule has 2 aliphatic heterocycles. The number of anilines is 1. The van der Waals surface area contributed by atoms with Gasteiger partial charge in [-0.3, -0.25) is 4.79 Å². The number of carbonyl (C=O) groups excluding carboxylic acids is 1. The third kappa shape index (κ3) is 6.33. The van der Waals surface area contributed by atoms with E-state index in [4.69, 9.17) is 4.74 Å². The van der Waals surface area contributed by atoms with E-state index in [9.17, 15) is 30.0 Å². The summed E-state index contributed by atoms with van der Waals surface area (Å²) < 4.78 is 6.40. The summed E-state index contributed by atoms with van der Waals surface area (Å²) in [5, 5.41) is 41.3. The van der Waals surface area contributed by atoms with Crippen LogP contribution in [0.2, 0.25) is 0 Å². The van der Waals surface area contributed by atoms with E-state index in [1.807, 2.05) is 20.8 Å². The van der Waals surface area contributed by atoms with Gasteiger partial charge in [0.2, 0.25) is 0 Å². The molecule has 2 aromatic carbocycles. The molecule has 0 saturated heterocycles. The molecule has 2 atom stereocenters. The first-order valence-corrected chi connectivity index (χ1v) is 13.8. The van der Waals surface area contributed by atoms with Crippen molar-refractivity contribution in [2.24, 2.45) is 0 Å². The van der Waals surface area contributed by atoms with Crippen molar-refractivity contribution < 1.29 is 34.8 Å². The predicted octanol–water partition coefficient (Wildman–Crippen LogP) is 6.51. The summed E-state index contributed by atoms with van der Waals surface area (Å²) >= 11 is 0. The number of carboxylic acid groups (broad SMARTS) is 1. The predicted molar refractivity (Wildman–Crippen MR) is 155 cm³/mol. The number of ether oxygens (including phenoxy) is 1. The molecule has 0 spiro atoms. The van der Waals surface area contributed by atoms with Crippen LogP contribution in [0.5, 0.6) is 17.2 Å². The van der Waals surface area contributed by atoms with E-state index in [-0.39, 0.29) is 41.3 Å². The van der Waals surface area contributed by atoms with Gasteiger partial charge in [0.05, 0.1) is 29.5 Å². The second kappa shape index (κ2) is 12.6. The van der Waals surface area contributed by atoms with Crippen LogP contribution in [0.25, 0.3) is 0 Å². The number of carbonyl (C=O) groups is 2. The number of aliphatic hydroxyl groups excluding tert-OH is 1.